The lowest BCUT2D eigenvalue weighted by Crippen LogP contribution is -2.15. The van der Waals surface area contributed by atoms with Gasteiger partial charge in [0.2, 0.25) is 0 Å². The van der Waals surface area contributed by atoms with Crippen molar-refractivity contribution in [3.05, 3.63) is 146 Å². The van der Waals surface area contributed by atoms with E-state index in [1.54, 1.807) is 0 Å². The fourth-order valence-corrected chi connectivity index (χ4v) is 7.50. The summed E-state index contributed by atoms with van der Waals surface area (Å²) in [6, 6.07) is 51.6. The van der Waals surface area contributed by atoms with Crippen molar-refractivity contribution >= 4 is 59.6 Å². The van der Waals surface area contributed by atoms with E-state index in [1.165, 1.54) is 42.5 Å². The van der Waals surface area contributed by atoms with E-state index in [-0.39, 0.29) is 0 Å². The van der Waals surface area contributed by atoms with Crippen molar-refractivity contribution in [1.82, 2.24) is 4.57 Å². The van der Waals surface area contributed by atoms with Gasteiger partial charge in [0, 0.05) is 26.8 Å². The second-order valence-corrected chi connectivity index (χ2v) is 11.7. The smallest absolute Gasteiger partial charge is 0.152 e. The quantitative estimate of drug-likeness (QED) is 0.215. The van der Waals surface area contributed by atoms with Gasteiger partial charge in [0.05, 0.1) is 27.1 Å². The lowest BCUT2D eigenvalue weighted by molar-refractivity contribution is 0.477. The largest absolute Gasteiger partial charge is 0.453 e. The molecular formula is C38H24N2OS. The summed E-state index contributed by atoms with van der Waals surface area (Å²) in [5, 5.41) is 2.56. The van der Waals surface area contributed by atoms with Crippen LogP contribution in [0.4, 0.5) is 17.1 Å². The highest BCUT2D eigenvalue weighted by atomic mass is 32.1. The van der Waals surface area contributed by atoms with Gasteiger partial charge in [-0.3, -0.25) is 0 Å². The third-order valence-electron chi connectivity index (χ3n) is 8.16. The van der Waals surface area contributed by atoms with Crippen LogP contribution < -0.4 is 9.64 Å². The van der Waals surface area contributed by atoms with Crippen LogP contribution in [0, 0.1) is 0 Å². The highest BCUT2D eigenvalue weighted by molar-refractivity contribution is 7.26. The number of fused-ring (bicyclic) bond motifs is 7. The minimum absolute atomic E-state index is 0.851. The second-order valence-electron chi connectivity index (χ2n) is 10.6. The molecule has 6 aromatic carbocycles. The van der Waals surface area contributed by atoms with Gasteiger partial charge in [-0.25, -0.2) is 0 Å². The lowest BCUT2D eigenvalue weighted by atomic mass is 10.0. The van der Waals surface area contributed by atoms with Crippen LogP contribution >= 0.6 is 11.3 Å². The summed E-state index contributed by atoms with van der Waals surface area (Å²) in [6.07, 6.45) is 0. The lowest BCUT2D eigenvalue weighted by Gasteiger charge is -2.33. The van der Waals surface area contributed by atoms with E-state index >= 15 is 0 Å². The Bertz CT molecular complexity index is 2280. The summed E-state index contributed by atoms with van der Waals surface area (Å²) < 4.78 is 11.5. The molecule has 0 spiro atoms. The van der Waals surface area contributed by atoms with Crippen molar-refractivity contribution in [2.75, 3.05) is 4.90 Å². The van der Waals surface area contributed by atoms with Crippen LogP contribution in [0.2, 0.25) is 0 Å². The van der Waals surface area contributed by atoms with Crippen molar-refractivity contribution in [3.8, 4) is 28.3 Å². The molecule has 42 heavy (non-hydrogen) atoms. The fourth-order valence-electron chi connectivity index (χ4n) is 6.29. The Morgan fingerprint density at radius 3 is 2.02 bits per heavy atom. The van der Waals surface area contributed by atoms with E-state index in [4.69, 9.17) is 4.74 Å². The number of para-hydroxylation sites is 4. The summed E-state index contributed by atoms with van der Waals surface area (Å²) >= 11 is 1.87. The molecule has 8 aromatic rings. The number of ether oxygens (including phenoxy) is 1. The first-order valence-corrected chi connectivity index (χ1v) is 14.9. The molecule has 0 bridgehead atoms. The molecule has 3 nitrogen and oxygen atoms in total. The number of nitrogens with zero attached hydrogens (tertiary/aromatic N) is 2. The molecule has 4 heteroatoms. The zero-order chi connectivity index (χ0) is 27.6. The van der Waals surface area contributed by atoms with Crippen LogP contribution in [0.25, 0.3) is 48.0 Å². The first kappa shape index (κ1) is 23.4. The first-order valence-electron chi connectivity index (χ1n) is 14.1. The first-order chi connectivity index (χ1) is 20.8. The van der Waals surface area contributed by atoms with Crippen LogP contribution in [0.15, 0.2) is 146 Å². The Morgan fingerprint density at radius 1 is 0.500 bits per heavy atom. The molecule has 0 saturated heterocycles. The maximum atomic E-state index is 6.51. The van der Waals surface area contributed by atoms with Gasteiger partial charge in [-0.2, -0.15) is 0 Å². The Balaban J connectivity index is 1.24. The molecule has 0 fully saturated rings. The number of hydrogen-bond acceptors (Lipinski definition) is 3. The standard InChI is InChI=1S/C38H24N2OS/c1-3-11-27(12-4-1)39-32-16-8-9-17-34(32)41-35-24-26(20-22-33(35)39)25-19-21-31-30(23-25)38-37(29-15-7-10-18-36(29)42-38)40(31)28-13-5-2-6-14-28/h1-24H. The molecule has 0 N–H and O–H groups in total. The Labute approximate surface area is 247 Å². The van der Waals surface area contributed by atoms with Crippen molar-refractivity contribution in [3.63, 3.8) is 0 Å². The third kappa shape index (κ3) is 3.46. The van der Waals surface area contributed by atoms with E-state index in [2.05, 4.69) is 143 Å². The molecule has 0 aliphatic carbocycles. The second kappa shape index (κ2) is 9.10. The highest BCUT2D eigenvalue weighted by Gasteiger charge is 2.26. The average Bonchev–Trinajstić information content (AvgIpc) is 3.58. The molecule has 198 valence electrons. The zero-order valence-corrected chi connectivity index (χ0v) is 23.4. The van der Waals surface area contributed by atoms with Crippen LogP contribution in [-0.2, 0) is 0 Å². The van der Waals surface area contributed by atoms with Crippen molar-refractivity contribution < 1.29 is 4.74 Å². The molecule has 3 heterocycles. The minimum atomic E-state index is 0.851. The van der Waals surface area contributed by atoms with Gasteiger partial charge in [0.25, 0.3) is 0 Å². The van der Waals surface area contributed by atoms with Gasteiger partial charge in [-0.05, 0) is 77.9 Å². The topological polar surface area (TPSA) is 17.4 Å². The molecule has 2 aromatic heterocycles. The minimum Gasteiger partial charge on any atom is -0.453 e. The Hall–Kier alpha value is -5.32. The maximum Gasteiger partial charge on any atom is 0.152 e. The van der Waals surface area contributed by atoms with Crippen LogP contribution in [0.5, 0.6) is 11.5 Å². The van der Waals surface area contributed by atoms with Gasteiger partial charge in [-0.15, -0.1) is 11.3 Å². The van der Waals surface area contributed by atoms with E-state index in [0.29, 0.717) is 0 Å². The number of hydrogen-bond donors (Lipinski definition) is 0. The number of rotatable bonds is 3. The van der Waals surface area contributed by atoms with E-state index in [1.807, 2.05) is 23.5 Å². The van der Waals surface area contributed by atoms with Crippen LogP contribution in [0.1, 0.15) is 0 Å². The summed E-state index contributed by atoms with van der Waals surface area (Å²) in [6.45, 7) is 0. The highest BCUT2D eigenvalue weighted by Crippen LogP contribution is 2.51. The molecule has 9 rings (SSSR count). The third-order valence-corrected chi connectivity index (χ3v) is 9.36. The molecule has 0 atom stereocenters. The van der Waals surface area contributed by atoms with Gasteiger partial charge in [0.15, 0.2) is 11.5 Å². The Morgan fingerprint density at radius 2 is 1.17 bits per heavy atom. The Kier molecular flexibility index (Phi) is 5.07. The number of benzene rings is 6. The van der Waals surface area contributed by atoms with Crippen molar-refractivity contribution in [1.29, 1.82) is 0 Å². The molecule has 0 amide bonds. The predicted octanol–water partition coefficient (Wildman–Crippen LogP) is 11.2. The molecule has 0 unspecified atom stereocenters. The number of thiophene rings is 1. The van der Waals surface area contributed by atoms with E-state index < -0.39 is 0 Å². The molecular weight excluding hydrogens is 532 g/mol. The predicted molar refractivity (Wildman–Crippen MR) is 176 cm³/mol. The molecule has 0 saturated carbocycles. The SMILES string of the molecule is c1ccc(N2c3ccccc3Oc3cc(-c4ccc5c(c4)c4sc6ccccc6c4n5-c4ccccc4)ccc32)cc1. The summed E-state index contributed by atoms with van der Waals surface area (Å²) in [5.41, 5.74) is 9.15. The summed E-state index contributed by atoms with van der Waals surface area (Å²) in [5.74, 6) is 1.71. The molecule has 0 radical (unpaired) electrons. The van der Waals surface area contributed by atoms with Crippen LogP contribution in [-0.4, -0.2) is 4.57 Å². The van der Waals surface area contributed by atoms with Gasteiger partial charge in [-0.1, -0.05) is 78.9 Å². The normalized spacial score (nSPS) is 12.4. The monoisotopic (exact) mass is 556 g/mol. The van der Waals surface area contributed by atoms with Gasteiger partial charge >= 0.3 is 0 Å². The zero-order valence-electron chi connectivity index (χ0n) is 22.6. The van der Waals surface area contributed by atoms with E-state index in [0.717, 1.165) is 34.1 Å². The fraction of sp³-hybridized carbons (Fsp3) is 0. The van der Waals surface area contributed by atoms with Crippen molar-refractivity contribution in [2.45, 2.75) is 0 Å². The van der Waals surface area contributed by atoms with Crippen molar-refractivity contribution in [2.24, 2.45) is 0 Å². The van der Waals surface area contributed by atoms with Gasteiger partial charge in [0.1, 0.15) is 0 Å². The average molecular weight is 557 g/mol. The van der Waals surface area contributed by atoms with Crippen LogP contribution in [0.3, 0.4) is 0 Å². The molecule has 1 aliphatic rings. The molecule has 1 aliphatic heterocycles. The number of aromatic nitrogens is 1. The summed E-state index contributed by atoms with van der Waals surface area (Å²) in [7, 11) is 0. The van der Waals surface area contributed by atoms with E-state index in [9.17, 15) is 0 Å². The summed E-state index contributed by atoms with van der Waals surface area (Å²) in [4.78, 5) is 2.28. The van der Waals surface area contributed by atoms with Gasteiger partial charge < -0.3 is 14.2 Å². The number of anilines is 3. The maximum absolute atomic E-state index is 6.51.